The first-order chi connectivity index (χ1) is 11.5. The van der Waals surface area contributed by atoms with Crippen molar-refractivity contribution < 1.29 is 18.7 Å². The van der Waals surface area contributed by atoms with E-state index in [0.717, 1.165) is 11.1 Å². The molecule has 2 N–H and O–H groups in total. The Labute approximate surface area is 139 Å². The maximum atomic E-state index is 13.1. The number of hydrogen-bond donors (Lipinski definition) is 2. The highest BCUT2D eigenvalue weighted by atomic mass is 19.1. The number of aryl methyl sites for hydroxylation is 1. The lowest BCUT2D eigenvalue weighted by atomic mass is 10.1. The van der Waals surface area contributed by atoms with Crippen molar-refractivity contribution in [2.45, 2.75) is 13.3 Å². The van der Waals surface area contributed by atoms with Gasteiger partial charge in [-0.1, -0.05) is 12.1 Å². The third kappa shape index (κ3) is 4.81. The standard InChI is InChI=1S/C18H19FN2O3/c1-12-10-14(17(22)24-2)6-7-16(12)21-18(23)20-9-8-13-4-3-5-15(19)11-13/h3-7,10-11H,8-9H2,1-2H3,(H2,20,21,23). The first-order valence-corrected chi connectivity index (χ1v) is 7.48. The third-order valence-electron chi connectivity index (χ3n) is 3.48. The molecule has 0 fully saturated rings. The van der Waals surface area contributed by atoms with Crippen LogP contribution in [0.2, 0.25) is 0 Å². The molecule has 2 rings (SSSR count). The van der Waals surface area contributed by atoms with Gasteiger partial charge >= 0.3 is 12.0 Å². The molecule has 0 aromatic heterocycles. The second-order valence-corrected chi connectivity index (χ2v) is 5.28. The minimum atomic E-state index is -0.427. The number of rotatable bonds is 5. The van der Waals surface area contributed by atoms with Gasteiger partial charge in [0.05, 0.1) is 12.7 Å². The van der Waals surface area contributed by atoms with Crippen LogP contribution in [-0.2, 0) is 11.2 Å². The molecule has 0 bridgehead atoms. The zero-order valence-corrected chi connectivity index (χ0v) is 13.6. The van der Waals surface area contributed by atoms with Crippen LogP contribution >= 0.6 is 0 Å². The Kier molecular flexibility index (Phi) is 5.89. The summed E-state index contributed by atoms with van der Waals surface area (Å²) in [5.74, 6) is -0.720. The summed E-state index contributed by atoms with van der Waals surface area (Å²) in [6.07, 6.45) is 0.533. The number of halogens is 1. The molecule has 2 aromatic carbocycles. The van der Waals surface area contributed by atoms with E-state index in [9.17, 15) is 14.0 Å². The molecule has 0 heterocycles. The number of anilines is 1. The van der Waals surface area contributed by atoms with E-state index in [1.54, 1.807) is 37.3 Å². The number of carbonyl (C=O) groups is 2. The van der Waals surface area contributed by atoms with Gasteiger partial charge in [-0.25, -0.2) is 14.0 Å². The Morgan fingerprint density at radius 1 is 1.17 bits per heavy atom. The molecule has 126 valence electrons. The van der Waals surface area contributed by atoms with Crippen molar-refractivity contribution in [1.82, 2.24) is 5.32 Å². The second-order valence-electron chi connectivity index (χ2n) is 5.28. The summed E-state index contributed by atoms with van der Waals surface area (Å²) >= 11 is 0. The largest absolute Gasteiger partial charge is 0.465 e. The third-order valence-corrected chi connectivity index (χ3v) is 3.48. The second kappa shape index (κ2) is 8.10. The number of nitrogens with one attached hydrogen (secondary N) is 2. The fraction of sp³-hybridized carbons (Fsp3) is 0.222. The van der Waals surface area contributed by atoms with Gasteiger partial charge in [-0.05, 0) is 54.8 Å². The molecule has 2 aromatic rings. The number of benzene rings is 2. The van der Waals surface area contributed by atoms with Gasteiger partial charge in [-0.2, -0.15) is 0 Å². The van der Waals surface area contributed by atoms with Crippen molar-refractivity contribution in [2.24, 2.45) is 0 Å². The average Bonchev–Trinajstić information content (AvgIpc) is 2.56. The first-order valence-electron chi connectivity index (χ1n) is 7.48. The van der Waals surface area contributed by atoms with Crippen molar-refractivity contribution in [1.29, 1.82) is 0 Å². The minimum absolute atomic E-state index is 0.293. The predicted molar refractivity (Wildman–Crippen MR) is 89.6 cm³/mol. The van der Waals surface area contributed by atoms with Crippen LogP contribution in [0, 0.1) is 12.7 Å². The number of esters is 1. The molecule has 5 nitrogen and oxygen atoms in total. The lowest BCUT2D eigenvalue weighted by molar-refractivity contribution is 0.0600. The van der Waals surface area contributed by atoms with Crippen molar-refractivity contribution >= 4 is 17.7 Å². The Morgan fingerprint density at radius 3 is 2.62 bits per heavy atom. The van der Waals surface area contributed by atoms with Gasteiger partial charge in [-0.3, -0.25) is 0 Å². The Morgan fingerprint density at radius 2 is 1.96 bits per heavy atom. The molecule has 2 amide bonds. The summed E-state index contributed by atoms with van der Waals surface area (Å²) in [6, 6.07) is 10.8. The molecule has 24 heavy (non-hydrogen) atoms. The summed E-state index contributed by atoms with van der Waals surface area (Å²) in [4.78, 5) is 23.4. The van der Waals surface area contributed by atoms with Gasteiger partial charge in [0.25, 0.3) is 0 Å². The number of ether oxygens (including phenoxy) is 1. The highest BCUT2D eigenvalue weighted by Gasteiger charge is 2.09. The zero-order chi connectivity index (χ0) is 17.5. The number of hydrogen-bond acceptors (Lipinski definition) is 3. The Hall–Kier alpha value is -2.89. The highest BCUT2D eigenvalue weighted by molar-refractivity contribution is 5.93. The molecular weight excluding hydrogens is 311 g/mol. The molecule has 0 aliphatic carbocycles. The van der Waals surface area contributed by atoms with Crippen LogP contribution in [0.25, 0.3) is 0 Å². The number of urea groups is 1. The summed E-state index contributed by atoms with van der Waals surface area (Å²) in [7, 11) is 1.32. The fourth-order valence-corrected chi connectivity index (χ4v) is 2.23. The van der Waals surface area contributed by atoms with Crippen molar-refractivity contribution in [3.63, 3.8) is 0 Å². The van der Waals surface area contributed by atoms with Crippen LogP contribution in [0.3, 0.4) is 0 Å². The SMILES string of the molecule is COC(=O)c1ccc(NC(=O)NCCc2cccc(F)c2)c(C)c1. The molecular formula is C18H19FN2O3. The van der Waals surface area contributed by atoms with Gasteiger partial charge in [0.15, 0.2) is 0 Å². The predicted octanol–water partition coefficient (Wildman–Crippen LogP) is 3.28. The molecule has 0 aliphatic heterocycles. The summed E-state index contributed by atoms with van der Waals surface area (Å²) in [5, 5.41) is 5.43. The van der Waals surface area contributed by atoms with Gasteiger partial charge in [-0.15, -0.1) is 0 Å². The van der Waals surface area contributed by atoms with E-state index in [2.05, 4.69) is 15.4 Å². The summed E-state index contributed by atoms with van der Waals surface area (Å²) in [5.41, 5.74) is 2.59. The van der Waals surface area contributed by atoms with Crippen molar-refractivity contribution in [3.05, 3.63) is 65.0 Å². The number of methoxy groups -OCH3 is 1. The topological polar surface area (TPSA) is 67.4 Å². The van der Waals surface area contributed by atoms with Gasteiger partial charge < -0.3 is 15.4 Å². The Balaban J connectivity index is 1.87. The van der Waals surface area contributed by atoms with E-state index in [4.69, 9.17) is 0 Å². The molecule has 0 saturated heterocycles. The van der Waals surface area contributed by atoms with Crippen LogP contribution in [0.5, 0.6) is 0 Å². The van der Waals surface area contributed by atoms with E-state index in [0.29, 0.717) is 24.2 Å². The molecule has 0 spiro atoms. The number of amides is 2. The van der Waals surface area contributed by atoms with E-state index in [1.165, 1.54) is 19.2 Å². The lowest BCUT2D eigenvalue weighted by Crippen LogP contribution is -2.30. The summed E-state index contributed by atoms with van der Waals surface area (Å²) in [6.45, 7) is 2.17. The first kappa shape index (κ1) is 17.5. The zero-order valence-electron chi connectivity index (χ0n) is 13.6. The fourth-order valence-electron chi connectivity index (χ4n) is 2.23. The van der Waals surface area contributed by atoms with Gasteiger partial charge in [0, 0.05) is 12.2 Å². The van der Waals surface area contributed by atoms with Crippen LogP contribution in [0.15, 0.2) is 42.5 Å². The Bertz CT molecular complexity index is 747. The van der Waals surface area contributed by atoms with E-state index in [-0.39, 0.29) is 11.8 Å². The maximum Gasteiger partial charge on any atom is 0.337 e. The normalized spacial score (nSPS) is 10.1. The van der Waals surface area contributed by atoms with Crippen LogP contribution in [0.4, 0.5) is 14.9 Å². The minimum Gasteiger partial charge on any atom is -0.465 e. The van der Waals surface area contributed by atoms with E-state index < -0.39 is 5.97 Å². The molecule has 0 aliphatic rings. The highest BCUT2D eigenvalue weighted by Crippen LogP contribution is 2.17. The molecule has 0 unspecified atom stereocenters. The van der Waals surface area contributed by atoms with Crippen LogP contribution in [0.1, 0.15) is 21.5 Å². The van der Waals surface area contributed by atoms with Crippen LogP contribution < -0.4 is 10.6 Å². The molecule has 0 saturated carbocycles. The van der Waals surface area contributed by atoms with Crippen molar-refractivity contribution in [2.75, 3.05) is 19.0 Å². The number of carbonyl (C=O) groups excluding carboxylic acids is 2. The smallest absolute Gasteiger partial charge is 0.337 e. The van der Waals surface area contributed by atoms with Gasteiger partial charge in [0.1, 0.15) is 5.82 Å². The van der Waals surface area contributed by atoms with Crippen LogP contribution in [-0.4, -0.2) is 25.7 Å². The average molecular weight is 330 g/mol. The monoisotopic (exact) mass is 330 g/mol. The van der Waals surface area contributed by atoms with E-state index >= 15 is 0 Å². The van der Waals surface area contributed by atoms with E-state index in [1.807, 2.05) is 0 Å². The molecule has 0 radical (unpaired) electrons. The molecule has 6 heteroatoms. The van der Waals surface area contributed by atoms with Gasteiger partial charge in [0.2, 0.25) is 0 Å². The lowest BCUT2D eigenvalue weighted by Gasteiger charge is -2.11. The quantitative estimate of drug-likeness (QED) is 0.827. The maximum absolute atomic E-state index is 13.1. The van der Waals surface area contributed by atoms with Crippen molar-refractivity contribution in [3.8, 4) is 0 Å². The molecule has 0 atom stereocenters. The summed E-state index contributed by atoms with van der Waals surface area (Å²) < 4.78 is 17.7.